The van der Waals surface area contributed by atoms with Gasteiger partial charge in [0, 0.05) is 17.2 Å². The van der Waals surface area contributed by atoms with Crippen LogP contribution in [-0.4, -0.2) is 30.0 Å². The Morgan fingerprint density at radius 1 is 1.21 bits per heavy atom. The zero-order valence-electron chi connectivity index (χ0n) is 10.7. The van der Waals surface area contributed by atoms with Crippen LogP contribution in [0.4, 0.5) is 5.69 Å². The summed E-state index contributed by atoms with van der Waals surface area (Å²) < 4.78 is 0.571. The summed E-state index contributed by atoms with van der Waals surface area (Å²) in [4.78, 5) is 12.0. The number of thioether (sulfide) groups is 2. The van der Waals surface area contributed by atoms with Crippen molar-refractivity contribution in [3.63, 3.8) is 0 Å². The summed E-state index contributed by atoms with van der Waals surface area (Å²) in [7, 11) is 0. The highest BCUT2D eigenvalue weighted by atomic mass is 32.2. The summed E-state index contributed by atoms with van der Waals surface area (Å²) in [6.07, 6.45) is 2.03. The van der Waals surface area contributed by atoms with Gasteiger partial charge in [0.15, 0.2) is 0 Å². The summed E-state index contributed by atoms with van der Waals surface area (Å²) >= 11 is 4.00. The van der Waals surface area contributed by atoms with Crippen LogP contribution in [0.3, 0.4) is 0 Å². The van der Waals surface area contributed by atoms with Gasteiger partial charge in [-0.25, -0.2) is 0 Å². The van der Waals surface area contributed by atoms with Crippen molar-refractivity contribution < 1.29 is 4.79 Å². The molecule has 1 amide bonds. The zero-order valence-corrected chi connectivity index (χ0v) is 12.4. The van der Waals surface area contributed by atoms with Crippen LogP contribution in [0.5, 0.6) is 0 Å². The van der Waals surface area contributed by atoms with Crippen molar-refractivity contribution in [3.05, 3.63) is 29.8 Å². The van der Waals surface area contributed by atoms with Gasteiger partial charge in [0.1, 0.15) is 0 Å². The molecule has 0 bridgehead atoms. The van der Waals surface area contributed by atoms with Crippen LogP contribution in [0.15, 0.2) is 24.3 Å². The summed E-state index contributed by atoms with van der Waals surface area (Å²) in [6.45, 7) is 0.952. The lowest BCUT2D eigenvalue weighted by Crippen LogP contribution is -2.35. The molecule has 3 rings (SSSR count). The van der Waals surface area contributed by atoms with Crippen LogP contribution >= 0.6 is 23.5 Å². The van der Waals surface area contributed by atoms with Gasteiger partial charge in [0.05, 0.1) is 10.6 Å². The van der Waals surface area contributed by atoms with Gasteiger partial charge in [-0.1, -0.05) is 12.1 Å². The molecule has 2 saturated heterocycles. The van der Waals surface area contributed by atoms with Gasteiger partial charge in [0.25, 0.3) is 0 Å². The average molecular weight is 294 g/mol. The number of rotatable bonds is 3. The largest absolute Gasteiger partial charge is 0.325 e. The standard InChI is InChI=1S/C14H18N2OS2/c17-13(12-2-1-7-15-12)16-11-5-3-10(4-6-11)14-18-8-9-19-14/h3-6,12,14-15H,1-2,7-9H2,(H,16,17). The molecule has 0 aliphatic carbocycles. The van der Waals surface area contributed by atoms with E-state index in [9.17, 15) is 4.79 Å². The molecular weight excluding hydrogens is 276 g/mol. The van der Waals surface area contributed by atoms with E-state index in [0.29, 0.717) is 4.58 Å². The van der Waals surface area contributed by atoms with E-state index in [0.717, 1.165) is 25.1 Å². The van der Waals surface area contributed by atoms with Crippen molar-refractivity contribution in [2.45, 2.75) is 23.5 Å². The Hall–Kier alpha value is -0.650. The maximum Gasteiger partial charge on any atom is 0.241 e. The van der Waals surface area contributed by atoms with E-state index < -0.39 is 0 Å². The first-order valence-corrected chi connectivity index (χ1v) is 8.80. The van der Waals surface area contributed by atoms with E-state index in [1.165, 1.54) is 17.1 Å². The first-order chi connectivity index (χ1) is 9.33. The van der Waals surface area contributed by atoms with Crippen molar-refractivity contribution in [3.8, 4) is 0 Å². The molecule has 3 nitrogen and oxygen atoms in total. The minimum Gasteiger partial charge on any atom is -0.325 e. The predicted octanol–water partition coefficient (Wildman–Crippen LogP) is 2.86. The second-order valence-corrected chi connectivity index (χ2v) is 7.56. The molecule has 1 aromatic rings. The highest BCUT2D eigenvalue weighted by molar-refractivity contribution is 8.19. The van der Waals surface area contributed by atoms with Gasteiger partial charge in [0.2, 0.25) is 5.91 Å². The molecule has 102 valence electrons. The number of carbonyl (C=O) groups excluding carboxylic acids is 1. The summed E-state index contributed by atoms with van der Waals surface area (Å²) in [5.41, 5.74) is 2.25. The monoisotopic (exact) mass is 294 g/mol. The first kappa shape index (κ1) is 13.3. The zero-order chi connectivity index (χ0) is 13.1. The molecule has 2 heterocycles. The highest BCUT2D eigenvalue weighted by Gasteiger charge is 2.22. The van der Waals surface area contributed by atoms with Crippen LogP contribution in [0.2, 0.25) is 0 Å². The Labute approximate surface area is 122 Å². The van der Waals surface area contributed by atoms with Crippen LogP contribution in [0.1, 0.15) is 23.0 Å². The van der Waals surface area contributed by atoms with Gasteiger partial charge >= 0.3 is 0 Å². The topological polar surface area (TPSA) is 41.1 Å². The third-order valence-corrected chi connectivity index (χ3v) is 6.55. The number of hydrogen-bond acceptors (Lipinski definition) is 4. The molecule has 19 heavy (non-hydrogen) atoms. The second-order valence-electron chi connectivity index (χ2n) is 4.83. The fraction of sp³-hybridized carbons (Fsp3) is 0.500. The number of hydrogen-bond donors (Lipinski definition) is 2. The lowest BCUT2D eigenvalue weighted by molar-refractivity contribution is -0.117. The summed E-state index contributed by atoms with van der Waals surface area (Å²) in [5.74, 6) is 2.57. The van der Waals surface area contributed by atoms with E-state index in [2.05, 4.69) is 22.8 Å². The number of anilines is 1. The number of nitrogens with one attached hydrogen (secondary N) is 2. The summed E-state index contributed by atoms with van der Waals surface area (Å²) in [6, 6.07) is 8.28. The van der Waals surface area contributed by atoms with Gasteiger partial charge in [-0.3, -0.25) is 4.79 Å². The van der Waals surface area contributed by atoms with E-state index in [4.69, 9.17) is 0 Å². The number of benzene rings is 1. The molecular formula is C14H18N2OS2. The number of amides is 1. The minimum atomic E-state index is -0.0133. The van der Waals surface area contributed by atoms with E-state index in [-0.39, 0.29) is 11.9 Å². The maximum atomic E-state index is 12.0. The molecule has 0 spiro atoms. The average Bonchev–Trinajstić information content (AvgIpc) is 3.13. The van der Waals surface area contributed by atoms with Gasteiger partial charge < -0.3 is 10.6 Å². The molecule has 2 aliphatic heterocycles. The van der Waals surface area contributed by atoms with Crippen molar-refractivity contribution in [2.24, 2.45) is 0 Å². The minimum absolute atomic E-state index is 0.0133. The van der Waals surface area contributed by atoms with Crippen LogP contribution < -0.4 is 10.6 Å². The Kier molecular flexibility index (Phi) is 4.35. The van der Waals surface area contributed by atoms with Crippen LogP contribution in [0, 0.1) is 0 Å². The quantitative estimate of drug-likeness (QED) is 0.899. The van der Waals surface area contributed by atoms with E-state index in [1.807, 2.05) is 35.7 Å². The fourth-order valence-corrected chi connectivity index (χ4v) is 5.27. The molecule has 1 aromatic carbocycles. The third-order valence-electron chi connectivity index (χ3n) is 3.45. The smallest absolute Gasteiger partial charge is 0.241 e. The molecule has 5 heteroatoms. The Morgan fingerprint density at radius 2 is 1.95 bits per heavy atom. The van der Waals surface area contributed by atoms with Crippen LogP contribution in [-0.2, 0) is 4.79 Å². The number of carbonyl (C=O) groups is 1. The molecule has 0 aromatic heterocycles. The maximum absolute atomic E-state index is 12.0. The first-order valence-electron chi connectivity index (χ1n) is 6.70. The SMILES string of the molecule is O=C(Nc1ccc(C2SCCS2)cc1)C1CCCN1. The van der Waals surface area contributed by atoms with Gasteiger partial charge in [-0.15, -0.1) is 23.5 Å². The Bertz CT molecular complexity index is 437. The predicted molar refractivity (Wildman–Crippen MR) is 83.8 cm³/mol. The lowest BCUT2D eigenvalue weighted by atomic mass is 10.2. The van der Waals surface area contributed by atoms with Crippen molar-refractivity contribution in [1.29, 1.82) is 0 Å². The van der Waals surface area contributed by atoms with E-state index in [1.54, 1.807) is 0 Å². The Balaban J connectivity index is 1.60. The van der Waals surface area contributed by atoms with Crippen molar-refractivity contribution >= 4 is 35.1 Å². The molecule has 2 N–H and O–H groups in total. The molecule has 2 fully saturated rings. The molecule has 0 radical (unpaired) electrons. The molecule has 0 saturated carbocycles. The van der Waals surface area contributed by atoms with Crippen molar-refractivity contribution in [2.75, 3.05) is 23.4 Å². The second kappa shape index (κ2) is 6.20. The third kappa shape index (κ3) is 3.27. The lowest BCUT2D eigenvalue weighted by Gasteiger charge is -2.12. The van der Waals surface area contributed by atoms with Gasteiger partial charge in [-0.2, -0.15) is 0 Å². The fourth-order valence-electron chi connectivity index (χ4n) is 2.41. The van der Waals surface area contributed by atoms with Gasteiger partial charge in [-0.05, 0) is 37.1 Å². The molecule has 2 aliphatic rings. The van der Waals surface area contributed by atoms with E-state index >= 15 is 0 Å². The highest BCUT2D eigenvalue weighted by Crippen LogP contribution is 2.45. The Morgan fingerprint density at radius 3 is 2.58 bits per heavy atom. The normalized spacial score (nSPS) is 23.7. The molecule has 1 unspecified atom stereocenters. The van der Waals surface area contributed by atoms with Crippen LogP contribution in [0.25, 0.3) is 0 Å². The molecule has 1 atom stereocenters. The summed E-state index contributed by atoms with van der Waals surface area (Å²) in [5, 5.41) is 6.20. The van der Waals surface area contributed by atoms with Crippen molar-refractivity contribution in [1.82, 2.24) is 5.32 Å².